The van der Waals surface area contributed by atoms with Gasteiger partial charge in [-0.25, -0.2) is 0 Å². The summed E-state index contributed by atoms with van der Waals surface area (Å²) in [6.07, 6.45) is 1.86. The summed E-state index contributed by atoms with van der Waals surface area (Å²) in [6, 6.07) is 0.276. The van der Waals surface area contributed by atoms with Crippen LogP contribution in [-0.4, -0.2) is 41.0 Å². The van der Waals surface area contributed by atoms with Crippen LogP contribution in [0.2, 0.25) is 0 Å². The molecule has 1 heterocycles. The van der Waals surface area contributed by atoms with Crippen LogP contribution in [-0.2, 0) is 11.3 Å². The highest BCUT2D eigenvalue weighted by molar-refractivity contribution is 9.10. The summed E-state index contributed by atoms with van der Waals surface area (Å²) in [7, 11) is 3.71. The van der Waals surface area contributed by atoms with Crippen LogP contribution in [0.1, 0.15) is 32.5 Å². The molecule has 1 aromatic heterocycles. The van der Waals surface area contributed by atoms with Gasteiger partial charge in [0, 0.05) is 17.6 Å². The van der Waals surface area contributed by atoms with Gasteiger partial charge in [0.15, 0.2) is 0 Å². The van der Waals surface area contributed by atoms with Crippen LogP contribution < -0.4 is 5.32 Å². The lowest BCUT2D eigenvalue weighted by Crippen LogP contribution is -2.25. The predicted octanol–water partition coefficient (Wildman–Crippen LogP) is 3.08. The summed E-state index contributed by atoms with van der Waals surface area (Å²) < 4.78 is 8.46. The number of halogens is 1. The molecule has 0 aliphatic rings. The molecule has 0 spiro atoms. The highest BCUT2D eigenvalue weighted by Gasteiger charge is 2.21. The zero-order valence-electron chi connectivity index (χ0n) is 12.4. The molecule has 1 atom stereocenters. The van der Waals surface area contributed by atoms with E-state index in [1.165, 1.54) is 5.69 Å². The first-order valence-electron chi connectivity index (χ1n) is 6.40. The Kier molecular flexibility index (Phi) is 6.86. The molecule has 1 unspecified atom stereocenters. The number of methoxy groups -OCH3 is 1. The Balaban J connectivity index is 2.81. The first-order chi connectivity index (χ1) is 8.89. The van der Waals surface area contributed by atoms with E-state index in [1.54, 1.807) is 7.11 Å². The van der Waals surface area contributed by atoms with E-state index in [4.69, 9.17) is 4.74 Å². The van der Waals surface area contributed by atoms with Crippen LogP contribution in [0, 0.1) is 0 Å². The number of ether oxygens (including phenoxy) is 1. The van der Waals surface area contributed by atoms with Gasteiger partial charge in [-0.2, -0.15) is 16.9 Å². The Morgan fingerprint density at radius 1 is 1.53 bits per heavy atom. The van der Waals surface area contributed by atoms with Crippen molar-refractivity contribution in [1.29, 1.82) is 0 Å². The maximum Gasteiger partial charge on any atom is 0.0705 e. The second kappa shape index (κ2) is 7.67. The van der Waals surface area contributed by atoms with Crippen LogP contribution in [0.25, 0.3) is 0 Å². The molecule has 19 heavy (non-hydrogen) atoms. The van der Waals surface area contributed by atoms with E-state index < -0.39 is 0 Å². The second-order valence-electron chi connectivity index (χ2n) is 5.36. The fourth-order valence-corrected chi connectivity index (χ4v) is 3.27. The van der Waals surface area contributed by atoms with E-state index in [9.17, 15) is 0 Å². The maximum atomic E-state index is 5.14. The second-order valence-corrected chi connectivity index (χ2v) is 8.06. The molecule has 6 heteroatoms. The highest BCUT2D eigenvalue weighted by Crippen LogP contribution is 2.31. The minimum atomic E-state index is 0.263. The zero-order valence-corrected chi connectivity index (χ0v) is 14.8. The number of rotatable bonds is 7. The average Bonchev–Trinajstić information content (AvgIpc) is 2.68. The van der Waals surface area contributed by atoms with Crippen molar-refractivity contribution >= 4 is 27.7 Å². The quantitative estimate of drug-likeness (QED) is 0.820. The van der Waals surface area contributed by atoms with Gasteiger partial charge >= 0.3 is 0 Å². The van der Waals surface area contributed by atoms with Crippen LogP contribution in [0.5, 0.6) is 0 Å². The summed E-state index contributed by atoms with van der Waals surface area (Å²) in [5.41, 5.74) is 1.19. The highest BCUT2D eigenvalue weighted by atomic mass is 79.9. The van der Waals surface area contributed by atoms with E-state index in [0.29, 0.717) is 6.61 Å². The number of thioether (sulfide) groups is 1. The molecule has 0 fully saturated rings. The van der Waals surface area contributed by atoms with Crippen LogP contribution in [0.15, 0.2) is 10.7 Å². The predicted molar refractivity (Wildman–Crippen MR) is 85.8 cm³/mol. The molecule has 0 saturated heterocycles. The number of hydrogen-bond acceptors (Lipinski definition) is 4. The molecular weight excluding hydrogens is 326 g/mol. The van der Waals surface area contributed by atoms with Crippen molar-refractivity contribution in [3.8, 4) is 0 Å². The lowest BCUT2D eigenvalue weighted by atomic mass is 10.2. The third-order valence-electron chi connectivity index (χ3n) is 2.70. The smallest absolute Gasteiger partial charge is 0.0705 e. The van der Waals surface area contributed by atoms with Gasteiger partial charge in [0.1, 0.15) is 0 Å². The summed E-state index contributed by atoms with van der Waals surface area (Å²) in [4.78, 5) is 0. The molecule has 0 saturated carbocycles. The van der Waals surface area contributed by atoms with Gasteiger partial charge in [0.05, 0.1) is 35.6 Å². The first-order valence-corrected chi connectivity index (χ1v) is 8.18. The Labute approximate surface area is 128 Å². The molecule has 0 radical (unpaired) electrons. The van der Waals surface area contributed by atoms with Gasteiger partial charge in [-0.1, -0.05) is 20.8 Å². The monoisotopic (exact) mass is 349 g/mol. The van der Waals surface area contributed by atoms with Gasteiger partial charge in [-0.3, -0.25) is 4.68 Å². The molecule has 0 aliphatic heterocycles. The molecule has 0 aromatic carbocycles. The van der Waals surface area contributed by atoms with Crippen LogP contribution in [0.4, 0.5) is 0 Å². The van der Waals surface area contributed by atoms with E-state index in [0.717, 1.165) is 16.8 Å². The van der Waals surface area contributed by atoms with Gasteiger partial charge in [-0.05, 0) is 23.0 Å². The molecule has 110 valence electrons. The Morgan fingerprint density at radius 2 is 2.21 bits per heavy atom. The number of nitrogens with zero attached hydrogens (tertiary/aromatic N) is 2. The number of hydrogen-bond donors (Lipinski definition) is 1. The Bertz CT molecular complexity index is 390. The van der Waals surface area contributed by atoms with Crippen LogP contribution in [0.3, 0.4) is 0 Å². The minimum absolute atomic E-state index is 0.263. The number of nitrogens with one attached hydrogen (secondary N) is 1. The minimum Gasteiger partial charge on any atom is -0.383 e. The van der Waals surface area contributed by atoms with Crippen molar-refractivity contribution in [2.24, 2.45) is 0 Å². The van der Waals surface area contributed by atoms with Gasteiger partial charge in [-0.15, -0.1) is 0 Å². The van der Waals surface area contributed by atoms with Crippen molar-refractivity contribution in [3.63, 3.8) is 0 Å². The van der Waals surface area contributed by atoms with Crippen molar-refractivity contribution in [2.75, 3.05) is 26.5 Å². The fraction of sp³-hybridized carbons (Fsp3) is 0.769. The van der Waals surface area contributed by atoms with Crippen molar-refractivity contribution in [2.45, 2.75) is 38.1 Å². The van der Waals surface area contributed by atoms with E-state index in [2.05, 4.69) is 47.1 Å². The maximum absolute atomic E-state index is 5.14. The molecule has 1 rings (SSSR count). The molecule has 0 bridgehead atoms. The number of aromatic nitrogens is 2. The van der Waals surface area contributed by atoms with Gasteiger partial charge in [0.2, 0.25) is 0 Å². The van der Waals surface area contributed by atoms with Gasteiger partial charge < -0.3 is 10.1 Å². The summed E-state index contributed by atoms with van der Waals surface area (Å²) in [6.45, 7) is 8.16. The van der Waals surface area contributed by atoms with Crippen molar-refractivity contribution in [1.82, 2.24) is 15.1 Å². The largest absolute Gasteiger partial charge is 0.383 e. The molecule has 0 amide bonds. The average molecular weight is 350 g/mol. The summed E-state index contributed by atoms with van der Waals surface area (Å²) in [5.74, 6) is 1.01. The topological polar surface area (TPSA) is 39.1 Å². The molecule has 1 N–H and O–H groups in total. The normalized spacial score (nSPS) is 13.8. The lowest BCUT2D eigenvalue weighted by Gasteiger charge is -2.23. The van der Waals surface area contributed by atoms with Crippen molar-refractivity contribution in [3.05, 3.63) is 16.4 Å². The molecule has 1 aromatic rings. The molecular formula is C13H24BrN3OS. The lowest BCUT2D eigenvalue weighted by molar-refractivity contribution is 0.182. The molecule has 4 nitrogen and oxygen atoms in total. The van der Waals surface area contributed by atoms with Crippen molar-refractivity contribution < 1.29 is 4.74 Å². The Morgan fingerprint density at radius 3 is 2.74 bits per heavy atom. The first kappa shape index (κ1) is 17.0. The fourth-order valence-electron chi connectivity index (χ4n) is 1.71. The zero-order chi connectivity index (χ0) is 14.5. The summed E-state index contributed by atoms with van der Waals surface area (Å²) in [5, 5.41) is 7.79. The SMILES string of the molecule is CNC(CSC(C)(C)C)c1c(Br)cnn1CCOC. The van der Waals surface area contributed by atoms with Crippen LogP contribution >= 0.6 is 27.7 Å². The van der Waals surface area contributed by atoms with E-state index in [1.807, 2.05) is 29.7 Å². The third-order valence-corrected chi connectivity index (χ3v) is 4.68. The summed E-state index contributed by atoms with van der Waals surface area (Å²) >= 11 is 5.55. The molecule has 0 aliphatic carbocycles. The van der Waals surface area contributed by atoms with E-state index in [-0.39, 0.29) is 10.8 Å². The Hall–Kier alpha value is -0.0400. The van der Waals surface area contributed by atoms with E-state index >= 15 is 0 Å². The standard InChI is InChI=1S/C13H24BrN3OS/c1-13(2,3)19-9-11(15-4)12-10(14)8-16-17(12)6-7-18-5/h8,11,15H,6-7,9H2,1-5H3. The van der Waals surface area contributed by atoms with Gasteiger partial charge in [0.25, 0.3) is 0 Å². The third kappa shape index (κ3) is 5.45.